The fourth-order valence-corrected chi connectivity index (χ4v) is 4.59. The summed E-state index contributed by atoms with van der Waals surface area (Å²) in [5.74, 6) is 1.23. The molecule has 0 aliphatic rings. The van der Waals surface area contributed by atoms with Gasteiger partial charge in [-0.3, -0.25) is 4.79 Å². The summed E-state index contributed by atoms with van der Waals surface area (Å²) in [6.45, 7) is 9.07. The van der Waals surface area contributed by atoms with Gasteiger partial charge in [0.05, 0.1) is 10.1 Å². The third-order valence-electron chi connectivity index (χ3n) is 4.79. The fraction of sp³-hybridized carbons (Fsp3) is 0.381. The van der Waals surface area contributed by atoms with Crippen LogP contribution in [0.3, 0.4) is 0 Å². The smallest absolute Gasteiger partial charge is 0.237 e. The molecule has 5 nitrogen and oxygen atoms in total. The number of rotatable bonds is 8. The van der Waals surface area contributed by atoms with Crippen molar-refractivity contribution in [3.8, 4) is 10.7 Å². The molecular formula is C21H26N4OS2. The number of nitrogens with zero attached hydrogens (tertiary/aromatic N) is 3. The van der Waals surface area contributed by atoms with E-state index in [9.17, 15) is 4.79 Å². The van der Waals surface area contributed by atoms with E-state index in [4.69, 9.17) is 0 Å². The molecule has 2 heterocycles. The standard InChI is InChI=1S/C21H26N4OS2/c1-5-14(3)16-10-7-8-11-17(16)22-20(26)15(4)28-21-24-23-19(25(21)6-2)18-12-9-13-27-18/h7-15H,5-6H2,1-4H3,(H,22,26). The van der Waals surface area contributed by atoms with Crippen LogP contribution in [0.4, 0.5) is 5.69 Å². The van der Waals surface area contributed by atoms with Gasteiger partial charge >= 0.3 is 0 Å². The van der Waals surface area contributed by atoms with E-state index >= 15 is 0 Å². The highest BCUT2D eigenvalue weighted by Crippen LogP contribution is 2.31. The maximum Gasteiger partial charge on any atom is 0.237 e. The largest absolute Gasteiger partial charge is 0.325 e. The van der Waals surface area contributed by atoms with E-state index in [0.717, 1.165) is 34.5 Å². The number of thiophene rings is 1. The van der Waals surface area contributed by atoms with Crippen LogP contribution >= 0.6 is 23.1 Å². The van der Waals surface area contributed by atoms with E-state index in [1.54, 1.807) is 11.3 Å². The summed E-state index contributed by atoms with van der Waals surface area (Å²) in [5.41, 5.74) is 2.07. The minimum absolute atomic E-state index is 0.0240. The van der Waals surface area contributed by atoms with E-state index < -0.39 is 0 Å². The van der Waals surface area contributed by atoms with Gasteiger partial charge in [-0.2, -0.15) is 0 Å². The zero-order valence-corrected chi connectivity index (χ0v) is 18.3. The zero-order valence-electron chi connectivity index (χ0n) is 16.7. The second-order valence-corrected chi connectivity index (χ2v) is 8.93. The Labute approximate surface area is 174 Å². The van der Waals surface area contributed by atoms with Gasteiger partial charge in [0.1, 0.15) is 0 Å². The first-order valence-electron chi connectivity index (χ1n) is 9.58. The summed E-state index contributed by atoms with van der Waals surface area (Å²) in [4.78, 5) is 13.9. The SMILES string of the molecule is CCC(C)c1ccccc1NC(=O)C(C)Sc1nnc(-c2cccs2)n1CC. The Bertz CT molecular complexity index is 920. The number of benzene rings is 1. The van der Waals surface area contributed by atoms with Crippen molar-refractivity contribution < 1.29 is 4.79 Å². The molecule has 0 saturated carbocycles. The third-order valence-corrected chi connectivity index (χ3v) is 6.73. The second-order valence-electron chi connectivity index (χ2n) is 6.67. The maximum atomic E-state index is 12.8. The molecule has 2 unspecified atom stereocenters. The molecule has 7 heteroatoms. The Morgan fingerprint density at radius 2 is 1.96 bits per heavy atom. The maximum absolute atomic E-state index is 12.8. The number of hydrogen-bond donors (Lipinski definition) is 1. The van der Waals surface area contributed by atoms with E-state index in [-0.39, 0.29) is 11.2 Å². The van der Waals surface area contributed by atoms with Crippen LogP contribution in [0.15, 0.2) is 46.9 Å². The van der Waals surface area contributed by atoms with E-state index in [0.29, 0.717) is 5.92 Å². The number of carbonyl (C=O) groups is 1. The molecule has 0 spiro atoms. The molecule has 1 N–H and O–H groups in total. The molecule has 0 fully saturated rings. The normalized spacial score (nSPS) is 13.3. The average molecular weight is 415 g/mol. The number of amides is 1. The van der Waals surface area contributed by atoms with Gasteiger partial charge in [0.2, 0.25) is 5.91 Å². The van der Waals surface area contributed by atoms with Crippen molar-refractivity contribution in [3.63, 3.8) is 0 Å². The quantitative estimate of drug-likeness (QED) is 0.483. The van der Waals surface area contributed by atoms with Crippen molar-refractivity contribution in [2.24, 2.45) is 0 Å². The predicted molar refractivity (Wildman–Crippen MR) is 118 cm³/mol. The van der Waals surface area contributed by atoms with Crippen molar-refractivity contribution >= 4 is 34.7 Å². The minimum atomic E-state index is -0.282. The van der Waals surface area contributed by atoms with Crippen molar-refractivity contribution in [3.05, 3.63) is 47.3 Å². The highest BCUT2D eigenvalue weighted by atomic mass is 32.2. The Kier molecular flexibility index (Phi) is 6.91. The van der Waals surface area contributed by atoms with Crippen LogP contribution in [0.1, 0.15) is 45.6 Å². The van der Waals surface area contributed by atoms with Crippen molar-refractivity contribution in [2.45, 2.75) is 57.0 Å². The molecule has 3 rings (SSSR count). The molecule has 1 aromatic carbocycles. The zero-order chi connectivity index (χ0) is 20.1. The summed E-state index contributed by atoms with van der Waals surface area (Å²) in [6, 6.07) is 12.1. The number of nitrogens with one attached hydrogen (secondary N) is 1. The van der Waals surface area contributed by atoms with Crippen LogP contribution in [-0.4, -0.2) is 25.9 Å². The fourth-order valence-electron chi connectivity index (χ4n) is 2.96. The first-order chi connectivity index (χ1) is 13.5. The molecule has 2 atom stereocenters. The topological polar surface area (TPSA) is 59.8 Å². The first-order valence-corrected chi connectivity index (χ1v) is 11.3. The van der Waals surface area contributed by atoms with Crippen LogP contribution in [0.5, 0.6) is 0 Å². The number of thioether (sulfide) groups is 1. The van der Waals surface area contributed by atoms with Gasteiger partial charge in [0.25, 0.3) is 0 Å². The number of hydrogen-bond acceptors (Lipinski definition) is 5. The van der Waals surface area contributed by atoms with Crippen molar-refractivity contribution in [1.29, 1.82) is 0 Å². The molecular weight excluding hydrogens is 388 g/mol. The highest BCUT2D eigenvalue weighted by molar-refractivity contribution is 8.00. The van der Waals surface area contributed by atoms with Crippen molar-refractivity contribution in [1.82, 2.24) is 14.8 Å². The van der Waals surface area contributed by atoms with E-state index in [1.165, 1.54) is 17.3 Å². The second kappa shape index (κ2) is 9.39. The number of aromatic nitrogens is 3. The third kappa shape index (κ3) is 4.47. The number of para-hydroxylation sites is 1. The molecule has 3 aromatic rings. The summed E-state index contributed by atoms with van der Waals surface area (Å²) >= 11 is 3.08. The lowest BCUT2D eigenvalue weighted by molar-refractivity contribution is -0.115. The molecule has 0 bridgehead atoms. The lowest BCUT2D eigenvalue weighted by Crippen LogP contribution is -2.23. The minimum Gasteiger partial charge on any atom is -0.325 e. The van der Waals surface area contributed by atoms with E-state index in [1.807, 2.05) is 42.6 Å². The monoisotopic (exact) mass is 414 g/mol. The molecule has 2 aromatic heterocycles. The summed E-state index contributed by atoms with van der Waals surface area (Å²) in [5, 5.41) is 14.3. The summed E-state index contributed by atoms with van der Waals surface area (Å²) in [7, 11) is 0. The Morgan fingerprint density at radius 1 is 1.18 bits per heavy atom. The van der Waals surface area contributed by atoms with E-state index in [2.05, 4.69) is 46.9 Å². The Hall–Kier alpha value is -2.12. The highest BCUT2D eigenvalue weighted by Gasteiger charge is 2.21. The number of anilines is 1. The Balaban J connectivity index is 1.74. The van der Waals surface area contributed by atoms with Gasteiger partial charge in [-0.1, -0.05) is 49.9 Å². The first kappa shape index (κ1) is 20.6. The van der Waals surface area contributed by atoms with Gasteiger partial charge in [-0.15, -0.1) is 21.5 Å². The van der Waals surface area contributed by atoms with Gasteiger partial charge in [-0.25, -0.2) is 0 Å². The number of carbonyl (C=O) groups excluding carboxylic acids is 1. The van der Waals surface area contributed by atoms with Crippen LogP contribution in [0.25, 0.3) is 10.7 Å². The predicted octanol–water partition coefficient (Wildman–Crippen LogP) is 5.66. The van der Waals surface area contributed by atoms with Gasteiger partial charge in [-0.05, 0) is 49.3 Å². The van der Waals surface area contributed by atoms with Gasteiger partial charge in [0, 0.05) is 12.2 Å². The van der Waals surface area contributed by atoms with Crippen LogP contribution in [0.2, 0.25) is 0 Å². The average Bonchev–Trinajstić information content (AvgIpc) is 3.37. The van der Waals surface area contributed by atoms with Crippen LogP contribution in [-0.2, 0) is 11.3 Å². The lowest BCUT2D eigenvalue weighted by atomic mass is 9.97. The molecule has 0 aliphatic carbocycles. The molecule has 0 saturated heterocycles. The van der Waals surface area contributed by atoms with Crippen LogP contribution in [0, 0.1) is 0 Å². The lowest BCUT2D eigenvalue weighted by Gasteiger charge is -2.17. The summed E-state index contributed by atoms with van der Waals surface area (Å²) in [6.07, 6.45) is 1.03. The molecule has 0 radical (unpaired) electrons. The molecule has 148 valence electrons. The molecule has 28 heavy (non-hydrogen) atoms. The van der Waals surface area contributed by atoms with Crippen LogP contribution < -0.4 is 5.32 Å². The molecule has 0 aliphatic heterocycles. The Morgan fingerprint density at radius 3 is 2.64 bits per heavy atom. The van der Waals surface area contributed by atoms with Gasteiger partial charge < -0.3 is 9.88 Å². The summed E-state index contributed by atoms with van der Waals surface area (Å²) < 4.78 is 2.06. The molecule has 1 amide bonds. The van der Waals surface area contributed by atoms with Gasteiger partial charge in [0.15, 0.2) is 11.0 Å². The van der Waals surface area contributed by atoms with Crippen molar-refractivity contribution in [2.75, 3.05) is 5.32 Å².